The Morgan fingerprint density at radius 2 is 1.58 bits per heavy atom. The van der Waals surface area contributed by atoms with Crippen molar-refractivity contribution < 1.29 is 27.9 Å². The average Bonchev–Trinajstić information content (AvgIpc) is 2.65. The maximum Gasteiger partial charge on any atom is 0.339 e. The number of rotatable bonds is 8. The molecule has 138 valence electrons. The summed E-state index contributed by atoms with van der Waals surface area (Å²) >= 11 is 0. The van der Waals surface area contributed by atoms with E-state index in [-0.39, 0.29) is 11.5 Å². The minimum atomic E-state index is -4.03. The first kappa shape index (κ1) is 19.6. The molecule has 4 N–H and O–H groups in total. The molecule has 0 fully saturated rings. The monoisotopic (exact) mass is 378 g/mol. The fourth-order valence-corrected chi connectivity index (χ4v) is 3.08. The molecule has 0 saturated heterocycles. The second kappa shape index (κ2) is 8.09. The van der Waals surface area contributed by atoms with E-state index in [4.69, 9.17) is 10.5 Å². The fraction of sp³-hybridized carbons (Fsp3) is 0.176. The van der Waals surface area contributed by atoms with E-state index in [1.165, 1.54) is 24.3 Å². The van der Waals surface area contributed by atoms with Gasteiger partial charge in [-0.1, -0.05) is 48.5 Å². The van der Waals surface area contributed by atoms with Crippen molar-refractivity contribution in [1.29, 1.82) is 0 Å². The van der Waals surface area contributed by atoms with Crippen molar-refractivity contribution in [1.82, 2.24) is 4.72 Å². The molecule has 0 heterocycles. The predicted octanol–water partition coefficient (Wildman–Crippen LogP) is 0.490. The number of sulfonamides is 1. The molecule has 0 saturated carbocycles. The molecule has 0 aromatic heterocycles. The lowest BCUT2D eigenvalue weighted by Crippen LogP contribution is -2.62. The summed E-state index contributed by atoms with van der Waals surface area (Å²) in [6, 6.07) is 15.9. The topological polar surface area (TPSA) is 136 Å². The van der Waals surface area contributed by atoms with E-state index < -0.39 is 34.0 Å². The number of nitrogens with two attached hydrogens (primary N) is 1. The van der Waals surface area contributed by atoms with Gasteiger partial charge in [-0.05, 0) is 17.7 Å². The van der Waals surface area contributed by atoms with Gasteiger partial charge >= 0.3 is 11.9 Å². The zero-order chi connectivity index (χ0) is 19.2. The first-order chi connectivity index (χ1) is 12.3. The highest BCUT2D eigenvalue weighted by atomic mass is 32.2. The number of nitrogens with one attached hydrogen (secondary N) is 1. The molecule has 1 unspecified atom stereocenters. The number of carbonyl (C=O) groups is 2. The van der Waals surface area contributed by atoms with Gasteiger partial charge in [0.25, 0.3) is 0 Å². The van der Waals surface area contributed by atoms with E-state index in [2.05, 4.69) is 0 Å². The van der Waals surface area contributed by atoms with Crippen LogP contribution >= 0.6 is 0 Å². The number of carboxylic acids is 1. The summed E-state index contributed by atoms with van der Waals surface area (Å²) in [5.41, 5.74) is 3.71. The Morgan fingerprint density at radius 3 is 2.12 bits per heavy atom. The van der Waals surface area contributed by atoms with Gasteiger partial charge in [-0.2, -0.15) is 0 Å². The van der Waals surface area contributed by atoms with Gasteiger partial charge in [0.05, 0.1) is 11.4 Å². The van der Waals surface area contributed by atoms with E-state index >= 15 is 0 Å². The Morgan fingerprint density at radius 1 is 1.04 bits per heavy atom. The van der Waals surface area contributed by atoms with E-state index in [1.807, 2.05) is 4.72 Å². The Bertz CT molecular complexity index is 871. The predicted molar refractivity (Wildman–Crippen MR) is 92.4 cm³/mol. The lowest BCUT2D eigenvalue weighted by molar-refractivity contribution is -0.161. The third-order valence-electron chi connectivity index (χ3n) is 3.55. The number of carboxylic acid groups (broad SMARTS) is 1. The molecule has 0 aliphatic heterocycles. The molecular weight excluding hydrogens is 360 g/mol. The van der Waals surface area contributed by atoms with Crippen LogP contribution in [0.4, 0.5) is 0 Å². The van der Waals surface area contributed by atoms with Crippen LogP contribution < -0.4 is 10.5 Å². The lowest BCUT2D eigenvalue weighted by atomic mass is 10.0. The minimum Gasteiger partial charge on any atom is -0.479 e. The van der Waals surface area contributed by atoms with Crippen LogP contribution in [0.15, 0.2) is 65.6 Å². The second-order valence-electron chi connectivity index (χ2n) is 5.48. The third-order valence-corrected chi connectivity index (χ3v) is 4.97. The Balaban J connectivity index is 2.08. The normalized spacial score (nSPS) is 13.6. The molecule has 2 aromatic rings. The van der Waals surface area contributed by atoms with Gasteiger partial charge in [0, 0.05) is 0 Å². The van der Waals surface area contributed by atoms with Crippen LogP contribution in [-0.2, 0) is 31.0 Å². The van der Waals surface area contributed by atoms with Crippen LogP contribution in [0, 0.1) is 0 Å². The van der Waals surface area contributed by atoms with Crippen molar-refractivity contribution >= 4 is 22.0 Å². The van der Waals surface area contributed by atoms with Gasteiger partial charge in [0.2, 0.25) is 15.6 Å². The Hall–Kier alpha value is -2.75. The minimum absolute atomic E-state index is 0.0783. The molecule has 0 aliphatic carbocycles. The Labute approximate surface area is 150 Å². The van der Waals surface area contributed by atoms with E-state index in [0.29, 0.717) is 5.56 Å². The second-order valence-corrected chi connectivity index (χ2v) is 7.24. The molecule has 0 aliphatic rings. The summed E-state index contributed by atoms with van der Waals surface area (Å²) in [7, 11) is -4.03. The summed E-state index contributed by atoms with van der Waals surface area (Å²) in [5, 5.41) is 9.31. The van der Waals surface area contributed by atoms with Crippen LogP contribution in [-0.4, -0.2) is 37.5 Å². The smallest absolute Gasteiger partial charge is 0.339 e. The van der Waals surface area contributed by atoms with Crippen molar-refractivity contribution in [2.24, 2.45) is 5.73 Å². The maximum absolute atomic E-state index is 12.2. The number of carbonyl (C=O) groups excluding carboxylic acids is 1. The largest absolute Gasteiger partial charge is 0.479 e. The molecule has 0 radical (unpaired) electrons. The number of ether oxygens (including phenoxy) is 1. The molecule has 0 amide bonds. The maximum atomic E-state index is 12.2. The molecule has 2 rings (SSSR count). The van der Waals surface area contributed by atoms with E-state index in [0.717, 1.165) is 0 Å². The summed E-state index contributed by atoms with van der Waals surface area (Å²) in [6.45, 7) is -1.04. The molecule has 1 atom stereocenters. The van der Waals surface area contributed by atoms with Crippen molar-refractivity contribution in [2.45, 2.75) is 17.0 Å². The third kappa shape index (κ3) is 4.66. The number of aliphatic carboxylic acids is 1. The van der Waals surface area contributed by atoms with Crippen LogP contribution in [0.3, 0.4) is 0 Å². The molecule has 2 aromatic carbocycles. The molecule has 0 spiro atoms. The highest BCUT2D eigenvalue weighted by molar-refractivity contribution is 7.89. The Kier molecular flexibility index (Phi) is 6.09. The van der Waals surface area contributed by atoms with Gasteiger partial charge in [-0.25, -0.2) is 22.7 Å². The van der Waals surface area contributed by atoms with Crippen molar-refractivity contribution in [2.75, 3.05) is 6.54 Å². The van der Waals surface area contributed by atoms with E-state index in [1.54, 1.807) is 36.4 Å². The molecule has 26 heavy (non-hydrogen) atoms. The highest BCUT2D eigenvalue weighted by Crippen LogP contribution is 2.11. The van der Waals surface area contributed by atoms with Gasteiger partial charge in [0.1, 0.15) is 6.61 Å². The quantitative estimate of drug-likeness (QED) is 0.449. The van der Waals surface area contributed by atoms with Crippen molar-refractivity contribution in [3.05, 3.63) is 66.2 Å². The summed E-state index contributed by atoms with van der Waals surface area (Å²) in [6.07, 6.45) is 0. The number of benzene rings is 2. The SMILES string of the molecule is NC(CNS(=O)(=O)c1ccccc1)(C(=O)O)C(=O)OCc1ccccc1. The summed E-state index contributed by atoms with van der Waals surface area (Å²) < 4.78 is 31.4. The zero-order valence-electron chi connectivity index (χ0n) is 13.7. The standard InChI is InChI=1S/C17H18N2O6S/c18-17(15(20)21,16(22)25-11-13-7-3-1-4-8-13)12-19-26(23,24)14-9-5-2-6-10-14/h1-10,19H,11-12,18H2,(H,20,21). The average molecular weight is 378 g/mol. The lowest BCUT2D eigenvalue weighted by Gasteiger charge is -2.23. The van der Waals surface area contributed by atoms with Crippen LogP contribution in [0.1, 0.15) is 5.56 Å². The highest BCUT2D eigenvalue weighted by Gasteiger charge is 2.45. The van der Waals surface area contributed by atoms with E-state index in [9.17, 15) is 23.1 Å². The summed E-state index contributed by atoms with van der Waals surface area (Å²) in [5.74, 6) is -2.95. The van der Waals surface area contributed by atoms with Crippen molar-refractivity contribution in [3.8, 4) is 0 Å². The van der Waals surface area contributed by atoms with Crippen LogP contribution in [0.2, 0.25) is 0 Å². The van der Waals surface area contributed by atoms with Crippen LogP contribution in [0.5, 0.6) is 0 Å². The number of hydrogen-bond acceptors (Lipinski definition) is 6. The van der Waals surface area contributed by atoms with Crippen LogP contribution in [0.25, 0.3) is 0 Å². The first-order valence-corrected chi connectivity index (χ1v) is 9.02. The number of hydrogen-bond donors (Lipinski definition) is 3. The van der Waals surface area contributed by atoms with Gasteiger partial charge in [-0.15, -0.1) is 0 Å². The van der Waals surface area contributed by atoms with Crippen molar-refractivity contribution in [3.63, 3.8) is 0 Å². The van der Waals surface area contributed by atoms with Gasteiger partial charge in [0.15, 0.2) is 0 Å². The first-order valence-electron chi connectivity index (χ1n) is 7.54. The number of esters is 1. The van der Waals surface area contributed by atoms with Gasteiger partial charge in [-0.3, -0.25) is 0 Å². The van der Waals surface area contributed by atoms with Gasteiger partial charge < -0.3 is 15.6 Å². The molecular formula is C17H18N2O6S. The summed E-state index contributed by atoms with van der Waals surface area (Å²) in [4.78, 5) is 23.6. The molecule has 8 nitrogen and oxygen atoms in total. The fourth-order valence-electron chi connectivity index (χ4n) is 1.98. The molecule has 0 bridgehead atoms. The molecule has 9 heteroatoms. The zero-order valence-corrected chi connectivity index (χ0v) is 14.5.